The van der Waals surface area contributed by atoms with Crippen molar-refractivity contribution in [1.82, 2.24) is 14.8 Å². The first-order chi connectivity index (χ1) is 7.08. The van der Waals surface area contributed by atoms with E-state index in [1.165, 1.54) is 0 Å². The summed E-state index contributed by atoms with van der Waals surface area (Å²) in [6.45, 7) is 0. The molecule has 78 valence electrons. The van der Waals surface area contributed by atoms with E-state index in [4.69, 9.17) is 28.9 Å². The second-order valence-corrected chi connectivity index (χ2v) is 3.84. The molecule has 4 nitrogen and oxygen atoms in total. The number of nitrogens with zero attached hydrogens (tertiary/aromatic N) is 3. The van der Waals surface area contributed by atoms with Gasteiger partial charge in [-0.05, 0) is 6.07 Å². The maximum absolute atomic E-state index is 5.85. The summed E-state index contributed by atoms with van der Waals surface area (Å²) in [5.41, 5.74) is 7.18. The summed E-state index contributed by atoms with van der Waals surface area (Å²) in [6.07, 6.45) is 1.61. The summed E-state index contributed by atoms with van der Waals surface area (Å²) in [5.74, 6) is 0.580. The number of hydrogen-bond donors (Lipinski definition) is 1. The van der Waals surface area contributed by atoms with Gasteiger partial charge in [0.05, 0.1) is 10.7 Å². The molecule has 6 heteroatoms. The maximum atomic E-state index is 5.85. The molecule has 0 bridgehead atoms. The van der Waals surface area contributed by atoms with Crippen LogP contribution in [0.3, 0.4) is 0 Å². The molecule has 0 spiro atoms. The Labute approximate surface area is 96.6 Å². The lowest BCUT2D eigenvalue weighted by atomic mass is 10.2. The van der Waals surface area contributed by atoms with Gasteiger partial charge in [0.2, 0.25) is 0 Å². The van der Waals surface area contributed by atoms with Crippen LogP contribution >= 0.6 is 23.2 Å². The van der Waals surface area contributed by atoms with Crippen LogP contribution in [0.4, 0.5) is 5.82 Å². The van der Waals surface area contributed by atoms with Crippen molar-refractivity contribution in [3.05, 3.63) is 28.5 Å². The van der Waals surface area contributed by atoms with E-state index in [1.807, 2.05) is 0 Å². The number of halogens is 2. The Morgan fingerprint density at radius 2 is 2.07 bits per heavy atom. The van der Waals surface area contributed by atoms with Crippen LogP contribution in [-0.4, -0.2) is 14.8 Å². The van der Waals surface area contributed by atoms with Crippen molar-refractivity contribution in [2.24, 2.45) is 7.05 Å². The van der Waals surface area contributed by atoms with Crippen LogP contribution in [-0.2, 0) is 7.05 Å². The van der Waals surface area contributed by atoms with E-state index in [1.54, 1.807) is 30.1 Å². The van der Waals surface area contributed by atoms with Gasteiger partial charge in [0.1, 0.15) is 11.0 Å². The average Bonchev–Trinajstić information content (AvgIpc) is 2.52. The maximum Gasteiger partial charge on any atom is 0.147 e. The van der Waals surface area contributed by atoms with Gasteiger partial charge in [0, 0.05) is 24.9 Å². The fraction of sp³-hybridized carbons (Fsp3) is 0.111. The van der Waals surface area contributed by atoms with E-state index in [9.17, 15) is 0 Å². The number of nitrogen functional groups attached to an aromatic ring is 1. The van der Waals surface area contributed by atoms with Crippen LogP contribution < -0.4 is 5.73 Å². The zero-order valence-electron chi connectivity index (χ0n) is 7.91. The molecule has 2 rings (SSSR count). The predicted octanol–water partition coefficient (Wildman–Crippen LogP) is 2.37. The van der Waals surface area contributed by atoms with Gasteiger partial charge in [-0.15, -0.1) is 0 Å². The van der Waals surface area contributed by atoms with Crippen molar-refractivity contribution in [2.75, 3.05) is 5.73 Å². The van der Waals surface area contributed by atoms with Crippen LogP contribution in [0, 0.1) is 0 Å². The Balaban J connectivity index is 2.49. The Morgan fingerprint density at radius 1 is 1.33 bits per heavy atom. The minimum Gasteiger partial charge on any atom is -0.384 e. The largest absolute Gasteiger partial charge is 0.384 e. The summed E-state index contributed by atoms with van der Waals surface area (Å²) in [5, 5.41) is 4.88. The van der Waals surface area contributed by atoms with Crippen LogP contribution in [0.15, 0.2) is 18.3 Å². The quantitative estimate of drug-likeness (QED) is 0.782. The summed E-state index contributed by atoms with van der Waals surface area (Å²) >= 11 is 11.6. The minimum atomic E-state index is 0.282. The highest BCUT2D eigenvalue weighted by molar-refractivity contribution is 6.41. The van der Waals surface area contributed by atoms with Crippen molar-refractivity contribution < 1.29 is 0 Å². The zero-order chi connectivity index (χ0) is 11.0. The average molecular weight is 243 g/mol. The molecule has 0 radical (unpaired) electrons. The van der Waals surface area contributed by atoms with Gasteiger partial charge in [0.25, 0.3) is 0 Å². The number of aromatic nitrogens is 3. The van der Waals surface area contributed by atoms with E-state index in [0.29, 0.717) is 10.8 Å². The number of aryl methyl sites for hydroxylation is 1. The highest BCUT2D eigenvalue weighted by Gasteiger charge is 2.07. The van der Waals surface area contributed by atoms with E-state index in [2.05, 4.69) is 10.1 Å². The lowest BCUT2D eigenvalue weighted by Gasteiger charge is -1.98. The molecule has 2 aromatic heterocycles. The molecule has 0 atom stereocenters. The van der Waals surface area contributed by atoms with E-state index >= 15 is 0 Å². The van der Waals surface area contributed by atoms with Crippen molar-refractivity contribution in [1.29, 1.82) is 0 Å². The molecule has 0 amide bonds. The molecular formula is C9H8Cl2N4. The second kappa shape index (κ2) is 3.72. The Morgan fingerprint density at radius 3 is 2.60 bits per heavy atom. The molecule has 2 N–H and O–H groups in total. The molecule has 0 fully saturated rings. The summed E-state index contributed by atoms with van der Waals surface area (Å²) in [6, 6.07) is 3.46. The van der Waals surface area contributed by atoms with E-state index < -0.39 is 0 Å². The fourth-order valence-corrected chi connectivity index (χ4v) is 1.45. The minimum absolute atomic E-state index is 0.282. The number of anilines is 1. The van der Waals surface area contributed by atoms with E-state index in [-0.39, 0.29) is 5.15 Å². The topological polar surface area (TPSA) is 56.7 Å². The SMILES string of the molecule is Cn1nc(-c2cnc(Cl)c(Cl)c2)cc1N. The summed E-state index contributed by atoms with van der Waals surface area (Å²) in [4.78, 5) is 3.94. The molecule has 0 aliphatic carbocycles. The molecule has 2 aromatic rings. The number of rotatable bonds is 1. The van der Waals surface area contributed by atoms with Crippen molar-refractivity contribution in [3.8, 4) is 11.3 Å². The van der Waals surface area contributed by atoms with Crippen LogP contribution in [0.2, 0.25) is 10.2 Å². The number of pyridine rings is 1. The first-order valence-corrected chi connectivity index (χ1v) is 4.94. The predicted molar refractivity (Wildman–Crippen MR) is 60.9 cm³/mol. The van der Waals surface area contributed by atoms with Gasteiger partial charge in [-0.3, -0.25) is 4.68 Å². The van der Waals surface area contributed by atoms with Gasteiger partial charge < -0.3 is 5.73 Å². The molecule has 0 aliphatic rings. The van der Waals surface area contributed by atoms with Crippen LogP contribution in [0.25, 0.3) is 11.3 Å². The molecule has 0 saturated heterocycles. The fourth-order valence-electron chi connectivity index (χ4n) is 1.18. The smallest absolute Gasteiger partial charge is 0.147 e. The molecule has 0 aliphatic heterocycles. The lowest BCUT2D eigenvalue weighted by molar-refractivity contribution is 0.782. The molecule has 0 saturated carbocycles. The number of nitrogens with two attached hydrogens (primary N) is 1. The highest BCUT2D eigenvalue weighted by atomic mass is 35.5. The van der Waals surface area contributed by atoms with Gasteiger partial charge >= 0.3 is 0 Å². The third-order valence-electron chi connectivity index (χ3n) is 2.01. The van der Waals surface area contributed by atoms with Gasteiger partial charge in [-0.2, -0.15) is 5.10 Å². The summed E-state index contributed by atoms with van der Waals surface area (Å²) in [7, 11) is 1.77. The monoisotopic (exact) mass is 242 g/mol. The molecule has 15 heavy (non-hydrogen) atoms. The third-order valence-corrected chi connectivity index (χ3v) is 2.69. The number of hydrogen-bond acceptors (Lipinski definition) is 3. The van der Waals surface area contributed by atoms with Crippen molar-refractivity contribution in [2.45, 2.75) is 0 Å². The molecule has 0 unspecified atom stereocenters. The molecule has 2 heterocycles. The second-order valence-electron chi connectivity index (χ2n) is 3.07. The highest BCUT2D eigenvalue weighted by Crippen LogP contribution is 2.26. The van der Waals surface area contributed by atoms with E-state index in [0.717, 1.165) is 11.3 Å². The standard InChI is InChI=1S/C9H8Cl2N4/c1-15-8(12)3-7(14-15)5-2-6(10)9(11)13-4-5/h2-4H,12H2,1H3. The van der Waals surface area contributed by atoms with Gasteiger partial charge in [-0.1, -0.05) is 23.2 Å². The zero-order valence-corrected chi connectivity index (χ0v) is 9.42. The first-order valence-electron chi connectivity index (χ1n) is 4.19. The Hall–Kier alpha value is -1.26. The Bertz CT molecular complexity index is 487. The van der Waals surface area contributed by atoms with Crippen molar-refractivity contribution in [3.63, 3.8) is 0 Å². The molecular weight excluding hydrogens is 235 g/mol. The van der Waals surface area contributed by atoms with Crippen LogP contribution in [0.1, 0.15) is 0 Å². The Kier molecular flexibility index (Phi) is 2.54. The third kappa shape index (κ3) is 1.91. The van der Waals surface area contributed by atoms with Gasteiger partial charge in [0.15, 0.2) is 0 Å². The lowest BCUT2D eigenvalue weighted by Crippen LogP contribution is -1.96. The van der Waals surface area contributed by atoms with Gasteiger partial charge in [-0.25, -0.2) is 4.98 Å². The van der Waals surface area contributed by atoms with Crippen LogP contribution in [0.5, 0.6) is 0 Å². The summed E-state index contributed by atoms with van der Waals surface area (Å²) < 4.78 is 1.58. The normalized spacial score (nSPS) is 10.6. The first kappa shape index (κ1) is 10.3. The van der Waals surface area contributed by atoms with Crippen molar-refractivity contribution >= 4 is 29.0 Å². The molecule has 0 aromatic carbocycles.